The number of carbonyl (C=O) groups is 2. The lowest BCUT2D eigenvalue weighted by Crippen LogP contribution is -1.98. The quantitative estimate of drug-likeness (QED) is 0.259. The van der Waals surface area contributed by atoms with Crippen molar-refractivity contribution in [3.63, 3.8) is 0 Å². The van der Waals surface area contributed by atoms with Gasteiger partial charge in [-0.2, -0.15) is 0 Å². The van der Waals surface area contributed by atoms with Gasteiger partial charge in [0.15, 0.2) is 0 Å². The number of ether oxygens (including phenoxy) is 1. The van der Waals surface area contributed by atoms with E-state index < -0.39 is 0 Å². The first-order valence-electron chi connectivity index (χ1n) is 3.58. The summed E-state index contributed by atoms with van der Waals surface area (Å²) in [6.07, 6.45) is 4.84. The SMILES string of the molecule is CCOC(=O)C=CCCC=O. The van der Waals surface area contributed by atoms with Crippen molar-refractivity contribution in [1.82, 2.24) is 0 Å². The predicted molar refractivity (Wildman–Crippen MR) is 41.1 cm³/mol. The molecular formula is C8H12O3. The van der Waals surface area contributed by atoms with Gasteiger partial charge in [0.1, 0.15) is 6.29 Å². The lowest BCUT2D eigenvalue weighted by atomic mass is 10.3. The zero-order valence-electron chi connectivity index (χ0n) is 6.58. The van der Waals surface area contributed by atoms with E-state index in [2.05, 4.69) is 4.74 Å². The van der Waals surface area contributed by atoms with Gasteiger partial charge in [-0.3, -0.25) is 0 Å². The molecule has 0 aliphatic carbocycles. The first-order valence-corrected chi connectivity index (χ1v) is 3.58. The molecular weight excluding hydrogens is 144 g/mol. The van der Waals surface area contributed by atoms with Crippen molar-refractivity contribution in [2.45, 2.75) is 19.8 Å². The molecule has 62 valence electrons. The largest absolute Gasteiger partial charge is 0.463 e. The fraction of sp³-hybridized carbons (Fsp3) is 0.500. The minimum absolute atomic E-state index is 0.349. The van der Waals surface area contributed by atoms with Crippen molar-refractivity contribution in [1.29, 1.82) is 0 Å². The molecule has 11 heavy (non-hydrogen) atoms. The monoisotopic (exact) mass is 156 g/mol. The molecule has 0 amide bonds. The maximum absolute atomic E-state index is 10.6. The van der Waals surface area contributed by atoms with E-state index in [-0.39, 0.29) is 5.97 Å². The minimum atomic E-state index is -0.349. The Labute approximate surface area is 66.0 Å². The van der Waals surface area contributed by atoms with Gasteiger partial charge in [0.25, 0.3) is 0 Å². The molecule has 0 radical (unpaired) electrons. The van der Waals surface area contributed by atoms with E-state index in [0.717, 1.165) is 6.29 Å². The molecule has 0 atom stereocenters. The molecule has 0 saturated carbocycles. The van der Waals surface area contributed by atoms with Gasteiger partial charge in [0, 0.05) is 12.5 Å². The molecule has 0 spiro atoms. The number of aldehydes is 1. The Kier molecular flexibility index (Phi) is 6.28. The molecule has 0 aromatic heterocycles. The van der Waals surface area contributed by atoms with Crippen LogP contribution in [0, 0.1) is 0 Å². The van der Waals surface area contributed by atoms with E-state index in [1.54, 1.807) is 13.0 Å². The molecule has 3 heteroatoms. The van der Waals surface area contributed by atoms with Crippen LogP contribution in [0.5, 0.6) is 0 Å². The van der Waals surface area contributed by atoms with Crippen LogP contribution in [0.3, 0.4) is 0 Å². The van der Waals surface area contributed by atoms with Gasteiger partial charge in [-0.25, -0.2) is 4.79 Å². The number of unbranched alkanes of at least 4 members (excludes halogenated alkanes) is 1. The second-order valence-corrected chi connectivity index (χ2v) is 1.90. The zero-order valence-corrected chi connectivity index (χ0v) is 6.58. The molecule has 0 bridgehead atoms. The Balaban J connectivity index is 3.39. The summed E-state index contributed by atoms with van der Waals surface area (Å²) in [6.45, 7) is 2.13. The molecule has 0 aromatic rings. The Morgan fingerprint density at radius 1 is 1.45 bits per heavy atom. The van der Waals surface area contributed by atoms with Crippen LogP contribution in [-0.4, -0.2) is 18.9 Å². The van der Waals surface area contributed by atoms with Gasteiger partial charge in [0.05, 0.1) is 6.61 Å². The van der Waals surface area contributed by atoms with Crippen molar-refractivity contribution >= 4 is 12.3 Å². The number of hydrogen-bond acceptors (Lipinski definition) is 3. The van der Waals surface area contributed by atoms with E-state index in [1.807, 2.05) is 0 Å². The number of carbonyl (C=O) groups excluding carboxylic acids is 2. The average molecular weight is 156 g/mol. The normalized spacial score (nSPS) is 9.91. The van der Waals surface area contributed by atoms with Crippen molar-refractivity contribution in [3.05, 3.63) is 12.2 Å². The fourth-order valence-corrected chi connectivity index (χ4v) is 0.534. The first kappa shape index (κ1) is 9.88. The summed E-state index contributed by atoms with van der Waals surface area (Å²) in [4.78, 5) is 20.4. The van der Waals surface area contributed by atoms with Gasteiger partial charge in [0.2, 0.25) is 0 Å². The molecule has 0 aliphatic rings. The molecule has 0 unspecified atom stereocenters. The van der Waals surface area contributed by atoms with Crippen LogP contribution in [0.1, 0.15) is 19.8 Å². The molecule has 0 rings (SSSR count). The predicted octanol–water partition coefficient (Wildman–Crippen LogP) is 1.08. The Bertz CT molecular complexity index is 149. The lowest BCUT2D eigenvalue weighted by molar-refractivity contribution is -0.137. The Morgan fingerprint density at radius 3 is 2.73 bits per heavy atom. The van der Waals surface area contributed by atoms with Gasteiger partial charge in [-0.15, -0.1) is 0 Å². The average Bonchev–Trinajstić information content (AvgIpc) is 1.99. The summed E-state index contributed by atoms with van der Waals surface area (Å²) >= 11 is 0. The highest BCUT2D eigenvalue weighted by atomic mass is 16.5. The summed E-state index contributed by atoms with van der Waals surface area (Å²) in [5, 5.41) is 0. The number of hydrogen-bond donors (Lipinski definition) is 0. The number of allylic oxidation sites excluding steroid dienone is 1. The van der Waals surface area contributed by atoms with Crippen molar-refractivity contribution in [3.8, 4) is 0 Å². The third-order valence-electron chi connectivity index (χ3n) is 0.992. The standard InChI is InChI=1S/C8H12O3/c1-2-11-8(10)6-4-3-5-7-9/h4,6-7H,2-3,5H2,1H3. The fourth-order valence-electron chi connectivity index (χ4n) is 0.534. The minimum Gasteiger partial charge on any atom is -0.463 e. The molecule has 0 aromatic carbocycles. The van der Waals surface area contributed by atoms with Gasteiger partial charge in [-0.05, 0) is 13.3 Å². The molecule has 0 fully saturated rings. The zero-order chi connectivity index (χ0) is 8.53. The summed E-state index contributed by atoms with van der Waals surface area (Å²) < 4.78 is 4.61. The maximum atomic E-state index is 10.6. The van der Waals surface area contributed by atoms with Crippen molar-refractivity contribution < 1.29 is 14.3 Å². The van der Waals surface area contributed by atoms with Crippen LogP contribution in [0.15, 0.2) is 12.2 Å². The Hall–Kier alpha value is -1.12. The van der Waals surface area contributed by atoms with Crippen LogP contribution in [0.4, 0.5) is 0 Å². The molecule has 3 nitrogen and oxygen atoms in total. The highest BCUT2D eigenvalue weighted by Gasteiger charge is 1.90. The van der Waals surface area contributed by atoms with E-state index in [1.165, 1.54) is 6.08 Å². The van der Waals surface area contributed by atoms with Crippen LogP contribution in [0.25, 0.3) is 0 Å². The number of rotatable bonds is 5. The summed E-state index contributed by atoms with van der Waals surface area (Å²) in [7, 11) is 0. The highest BCUT2D eigenvalue weighted by Crippen LogP contribution is 1.88. The second kappa shape index (κ2) is 6.99. The van der Waals surface area contributed by atoms with Gasteiger partial charge >= 0.3 is 5.97 Å². The van der Waals surface area contributed by atoms with Crippen LogP contribution in [0.2, 0.25) is 0 Å². The van der Waals surface area contributed by atoms with Crippen molar-refractivity contribution in [2.24, 2.45) is 0 Å². The molecule has 0 heterocycles. The summed E-state index contributed by atoms with van der Waals surface area (Å²) in [5.74, 6) is -0.349. The Morgan fingerprint density at radius 2 is 2.18 bits per heavy atom. The van der Waals surface area contributed by atoms with Crippen LogP contribution >= 0.6 is 0 Å². The number of esters is 1. The van der Waals surface area contributed by atoms with Crippen LogP contribution in [-0.2, 0) is 14.3 Å². The summed E-state index contributed by atoms with van der Waals surface area (Å²) in [5.41, 5.74) is 0. The maximum Gasteiger partial charge on any atom is 0.330 e. The third kappa shape index (κ3) is 6.77. The van der Waals surface area contributed by atoms with E-state index in [9.17, 15) is 9.59 Å². The van der Waals surface area contributed by atoms with E-state index in [0.29, 0.717) is 19.4 Å². The van der Waals surface area contributed by atoms with Crippen molar-refractivity contribution in [2.75, 3.05) is 6.61 Å². The molecule has 0 saturated heterocycles. The van der Waals surface area contributed by atoms with Gasteiger partial charge < -0.3 is 9.53 Å². The first-order chi connectivity index (χ1) is 5.31. The molecule has 0 N–H and O–H groups in total. The molecule has 0 aliphatic heterocycles. The topological polar surface area (TPSA) is 43.4 Å². The lowest BCUT2D eigenvalue weighted by Gasteiger charge is -1.93. The van der Waals surface area contributed by atoms with Gasteiger partial charge in [-0.1, -0.05) is 6.08 Å². The summed E-state index contributed by atoms with van der Waals surface area (Å²) in [6, 6.07) is 0. The smallest absolute Gasteiger partial charge is 0.330 e. The van der Waals surface area contributed by atoms with E-state index in [4.69, 9.17) is 0 Å². The van der Waals surface area contributed by atoms with E-state index >= 15 is 0 Å². The highest BCUT2D eigenvalue weighted by molar-refractivity contribution is 5.81. The van der Waals surface area contributed by atoms with Crippen LogP contribution < -0.4 is 0 Å². The second-order valence-electron chi connectivity index (χ2n) is 1.90. The third-order valence-corrected chi connectivity index (χ3v) is 0.992.